The van der Waals surface area contributed by atoms with Crippen LogP contribution in [0.25, 0.3) is 22.3 Å². The number of hydrogen-bond acceptors (Lipinski definition) is 13. The molecule has 1 spiro atoms. The van der Waals surface area contributed by atoms with E-state index in [1.807, 2.05) is 55.4 Å². The van der Waals surface area contributed by atoms with E-state index in [0.717, 1.165) is 47.6 Å². The number of halogens is 1. The lowest BCUT2D eigenvalue weighted by atomic mass is 9.73. The summed E-state index contributed by atoms with van der Waals surface area (Å²) in [4.78, 5) is 125. The molecule has 0 bridgehead atoms. The van der Waals surface area contributed by atoms with Crippen LogP contribution in [0.3, 0.4) is 0 Å². The van der Waals surface area contributed by atoms with Gasteiger partial charge in [-0.25, -0.2) is 14.4 Å². The Balaban J connectivity index is 0.744. The molecule has 2 aromatic heterocycles. The lowest BCUT2D eigenvalue weighted by Gasteiger charge is -2.48. The van der Waals surface area contributed by atoms with Gasteiger partial charge < -0.3 is 40.5 Å². The van der Waals surface area contributed by atoms with Crippen molar-refractivity contribution in [1.29, 1.82) is 0 Å². The summed E-state index contributed by atoms with van der Waals surface area (Å²) in [5.74, 6) is -3.45. The number of fused-ring (bicyclic) bond motifs is 4. The molecule has 4 aromatic carbocycles. The van der Waals surface area contributed by atoms with E-state index in [-0.39, 0.29) is 84.5 Å². The normalized spacial score (nSPS) is 20.3. The van der Waals surface area contributed by atoms with Gasteiger partial charge in [-0.2, -0.15) is 0 Å². The Hall–Kier alpha value is -8.85. The van der Waals surface area contributed by atoms with Gasteiger partial charge in [-0.1, -0.05) is 24.6 Å². The smallest absolute Gasteiger partial charge is 0.264 e. The first-order valence-electron chi connectivity index (χ1n) is 29.6. The van der Waals surface area contributed by atoms with Crippen LogP contribution in [0.15, 0.2) is 85.2 Å². The van der Waals surface area contributed by atoms with Crippen molar-refractivity contribution >= 4 is 81.2 Å². The second-order valence-electron chi connectivity index (χ2n) is 24.0. The standard InChI is InChI=1S/C64H69FN12O8/c1-35(2)69-58(80)44-32-49(46(65)28-37(44)5)71-56-55-50(68-34-75(55)36(3)4)33-48(70-56)40-16-17-45-52(29-40)76(42-30-41(31-42)73-24-7-6-8-25-73)63(85)64(45)20-26-74(27-21-64)60(82)39-14-12-38(13-15-39)57(79)67-23-22-66-47-11-9-10-43-54(47)62(84)77(61(43)83)51-18-19-53(78)72-59(51)81/h9-17,28-29,32-36,41-42,51,66H,6-8,18-27,30-31H2,1-5H3,(H,67,79)(H,69,80)(H,70,71)(H,72,78,81). The maximum Gasteiger partial charge on any atom is 0.264 e. The number of hydrogen-bond donors (Lipinski definition) is 5. The maximum atomic E-state index is 15.9. The molecule has 12 rings (SSSR count). The average Bonchev–Trinajstić information content (AvgIpc) is 1.81. The number of imide groups is 2. The monoisotopic (exact) mass is 1150 g/mol. The van der Waals surface area contributed by atoms with Crippen LogP contribution >= 0.6 is 0 Å². The molecule has 6 aliphatic rings. The third-order valence-corrected chi connectivity index (χ3v) is 17.9. The number of pyridine rings is 1. The highest BCUT2D eigenvalue weighted by molar-refractivity contribution is 6.25. The van der Waals surface area contributed by atoms with Crippen molar-refractivity contribution in [2.24, 2.45) is 0 Å². The first-order chi connectivity index (χ1) is 40.9. The van der Waals surface area contributed by atoms with Gasteiger partial charge in [-0.05, 0) is 164 Å². The van der Waals surface area contributed by atoms with Crippen molar-refractivity contribution < 1.29 is 42.7 Å². The number of imidazole rings is 1. The zero-order valence-electron chi connectivity index (χ0n) is 48.4. The second kappa shape index (κ2) is 22.6. The molecule has 8 amide bonds. The molecule has 440 valence electrons. The number of amides is 8. The van der Waals surface area contributed by atoms with Crippen molar-refractivity contribution in [2.75, 3.05) is 54.8 Å². The molecule has 1 unspecified atom stereocenters. The first-order valence-corrected chi connectivity index (χ1v) is 29.6. The number of nitrogens with zero attached hydrogens (tertiary/aromatic N) is 7. The number of nitrogens with one attached hydrogen (secondary N) is 5. The van der Waals surface area contributed by atoms with Gasteiger partial charge in [0.05, 0.1) is 39.8 Å². The largest absolute Gasteiger partial charge is 0.383 e. The van der Waals surface area contributed by atoms with E-state index < -0.39 is 40.9 Å². The van der Waals surface area contributed by atoms with Gasteiger partial charge in [0.1, 0.15) is 17.4 Å². The van der Waals surface area contributed by atoms with Gasteiger partial charge in [0.25, 0.3) is 29.5 Å². The Kier molecular flexibility index (Phi) is 15.1. The van der Waals surface area contributed by atoms with Gasteiger partial charge in [-0.3, -0.25) is 48.6 Å². The third-order valence-electron chi connectivity index (χ3n) is 17.9. The number of anilines is 4. The number of carbonyl (C=O) groups is 8. The summed E-state index contributed by atoms with van der Waals surface area (Å²) in [6.45, 7) is 12.6. The van der Waals surface area contributed by atoms with E-state index in [1.54, 1.807) is 54.5 Å². The Morgan fingerprint density at radius 3 is 2.25 bits per heavy atom. The molecule has 0 radical (unpaired) electrons. The van der Waals surface area contributed by atoms with Crippen LogP contribution in [-0.4, -0.2) is 140 Å². The van der Waals surface area contributed by atoms with Gasteiger partial charge in [0, 0.05) is 90.4 Å². The van der Waals surface area contributed by atoms with E-state index in [4.69, 9.17) is 9.97 Å². The number of piperidine rings is 3. The van der Waals surface area contributed by atoms with Crippen molar-refractivity contribution in [3.05, 3.63) is 130 Å². The summed E-state index contributed by atoms with van der Waals surface area (Å²) < 4.78 is 17.9. The van der Waals surface area contributed by atoms with Crippen LogP contribution in [0.4, 0.5) is 27.3 Å². The lowest BCUT2D eigenvalue weighted by molar-refractivity contribution is -0.136. The number of aromatic nitrogens is 3. The number of rotatable bonds is 15. The Labute approximate surface area is 491 Å². The molecule has 6 aromatic rings. The first kappa shape index (κ1) is 56.6. The van der Waals surface area contributed by atoms with Crippen LogP contribution < -0.4 is 31.5 Å². The topological polar surface area (TPSA) is 240 Å². The summed E-state index contributed by atoms with van der Waals surface area (Å²) in [6.07, 6.45) is 7.93. The molecule has 3 saturated heterocycles. The van der Waals surface area contributed by atoms with E-state index in [2.05, 4.69) is 37.6 Å². The van der Waals surface area contributed by atoms with E-state index in [9.17, 15) is 33.6 Å². The van der Waals surface area contributed by atoms with Crippen LogP contribution in [0.1, 0.15) is 154 Å². The number of carbonyl (C=O) groups excluding carboxylic acids is 8. The van der Waals surface area contributed by atoms with Crippen LogP contribution in [0.5, 0.6) is 0 Å². The molecule has 1 atom stereocenters. The van der Waals surface area contributed by atoms with Crippen LogP contribution in [-0.2, 0) is 19.8 Å². The Morgan fingerprint density at radius 1 is 0.788 bits per heavy atom. The maximum absolute atomic E-state index is 15.9. The molecular formula is C64H69FN12O8. The molecule has 20 nitrogen and oxygen atoms in total. The fraction of sp³-hybridized carbons (Fsp3) is 0.406. The molecular weight excluding hydrogens is 1080 g/mol. The summed E-state index contributed by atoms with van der Waals surface area (Å²) in [5, 5.41) is 14.3. The fourth-order valence-corrected chi connectivity index (χ4v) is 13.3. The minimum Gasteiger partial charge on any atom is -0.383 e. The minimum absolute atomic E-state index is 0.00946. The van der Waals surface area contributed by atoms with E-state index >= 15 is 9.18 Å². The summed E-state index contributed by atoms with van der Waals surface area (Å²) in [5.41, 5.74) is 5.79. The zero-order valence-corrected chi connectivity index (χ0v) is 48.4. The van der Waals surface area contributed by atoms with Gasteiger partial charge >= 0.3 is 0 Å². The minimum atomic E-state index is -1.09. The molecule has 85 heavy (non-hydrogen) atoms. The zero-order chi connectivity index (χ0) is 59.6. The highest BCUT2D eigenvalue weighted by Crippen LogP contribution is 2.52. The number of aryl methyl sites for hydroxylation is 1. The average molecular weight is 1150 g/mol. The highest BCUT2D eigenvalue weighted by Gasteiger charge is 2.56. The van der Waals surface area contributed by atoms with Crippen LogP contribution in [0.2, 0.25) is 0 Å². The van der Waals surface area contributed by atoms with Gasteiger partial charge in [-0.15, -0.1) is 0 Å². The highest BCUT2D eigenvalue weighted by atomic mass is 19.1. The number of benzene rings is 4. The molecule has 7 heterocycles. The van der Waals surface area contributed by atoms with Crippen molar-refractivity contribution in [3.8, 4) is 11.3 Å². The lowest BCUT2D eigenvalue weighted by Crippen LogP contribution is -2.58. The summed E-state index contributed by atoms with van der Waals surface area (Å²) in [7, 11) is 0. The van der Waals surface area contributed by atoms with Crippen molar-refractivity contribution in [2.45, 2.75) is 128 Å². The second-order valence-corrected chi connectivity index (χ2v) is 24.0. The predicted octanol–water partition coefficient (Wildman–Crippen LogP) is 7.79. The van der Waals surface area contributed by atoms with Gasteiger partial charge in [0.2, 0.25) is 17.7 Å². The van der Waals surface area contributed by atoms with Crippen LogP contribution in [0, 0.1) is 12.7 Å². The molecule has 1 saturated carbocycles. The molecule has 5 aliphatic heterocycles. The van der Waals surface area contributed by atoms with E-state index in [1.165, 1.54) is 37.5 Å². The fourth-order valence-electron chi connectivity index (χ4n) is 13.3. The van der Waals surface area contributed by atoms with Crippen molar-refractivity contribution in [3.63, 3.8) is 0 Å². The Morgan fingerprint density at radius 2 is 1.53 bits per heavy atom. The summed E-state index contributed by atoms with van der Waals surface area (Å²) in [6, 6.07) is 21.2. The molecule has 1 aliphatic carbocycles. The molecule has 5 N–H and O–H groups in total. The third kappa shape index (κ3) is 10.3. The molecule has 4 fully saturated rings. The SMILES string of the molecule is Cc1cc(F)c(Nc2nc(-c3ccc4c(c3)N(C3CC(N5CCCCC5)C3)C(=O)C43CCN(C(=O)c4ccc(C(=O)NCCNc5cccc6c5C(=O)N(C5CCC(=O)NC5=O)C6=O)cc4)CC3)cc3ncn(C(C)C)c23)cc1C(=O)NC(C)C. The summed E-state index contributed by atoms with van der Waals surface area (Å²) >= 11 is 0. The number of likely N-dealkylation sites (tertiary alicyclic amines) is 2. The predicted molar refractivity (Wildman–Crippen MR) is 317 cm³/mol. The molecule has 21 heteroatoms. The van der Waals surface area contributed by atoms with Crippen molar-refractivity contribution in [1.82, 2.24) is 45.2 Å². The quantitative estimate of drug-likeness (QED) is 0.0488. The van der Waals surface area contributed by atoms with Gasteiger partial charge in [0.15, 0.2) is 5.82 Å². The van der Waals surface area contributed by atoms with E-state index in [0.29, 0.717) is 82.5 Å². The Bertz CT molecular complexity index is 3750.